The molecule has 0 bridgehead atoms. The molecule has 9 heteroatoms. The molecule has 2 rings (SSSR count). The second-order valence-electron chi connectivity index (χ2n) is 4.83. The van der Waals surface area contributed by atoms with Crippen LogP contribution in [0.2, 0.25) is 0 Å². The maximum absolute atomic E-state index is 12.1. The van der Waals surface area contributed by atoms with Crippen molar-refractivity contribution in [2.45, 2.75) is 19.4 Å². The smallest absolute Gasteiger partial charge is 0.355 e. The average molecular weight is 335 g/mol. The van der Waals surface area contributed by atoms with Gasteiger partial charge in [0, 0.05) is 31.6 Å². The molecule has 2 amide bonds. The lowest BCUT2D eigenvalue weighted by molar-refractivity contribution is 0.0691. The summed E-state index contributed by atoms with van der Waals surface area (Å²) in [5.74, 6) is -1.05. The standard InChI is InChI=1S/C14H17N5O3S/c1-9(10-3-5-15-8-17-10)19(2)14(22)16-6-4-12-18-11(7-23-12)13(20)21/h3,5,7-9H,4,6H2,1-2H3,(H,16,22)(H,20,21). The summed E-state index contributed by atoms with van der Waals surface area (Å²) in [6.07, 6.45) is 3.56. The van der Waals surface area contributed by atoms with Crippen LogP contribution < -0.4 is 5.32 Å². The van der Waals surface area contributed by atoms with Crippen LogP contribution in [0.4, 0.5) is 4.79 Å². The van der Waals surface area contributed by atoms with Crippen molar-refractivity contribution in [1.82, 2.24) is 25.2 Å². The Morgan fingerprint density at radius 3 is 2.87 bits per heavy atom. The number of nitrogens with zero attached hydrogens (tertiary/aromatic N) is 4. The fraction of sp³-hybridized carbons (Fsp3) is 0.357. The van der Waals surface area contributed by atoms with E-state index in [0.29, 0.717) is 18.0 Å². The van der Waals surface area contributed by atoms with E-state index in [4.69, 9.17) is 5.11 Å². The van der Waals surface area contributed by atoms with Crippen LogP contribution in [0.5, 0.6) is 0 Å². The lowest BCUT2D eigenvalue weighted by Crippen LogP contribution is -2.39. The van der Waals surface area contributed by atoms with Gasteiger partial charge < -0.3 is 15.3 Å². The van der Waals surface area contributed by atoms with Gasteiger partial charge in [0.05, 0.1) is 16.7 Å². The largest absolute Gasteiger partial charge is 0.476 e. The number of amides is 2. The highest BCUT2D eigenvalue weighted by Crippen LogP contribution is 2.15. The van der Waals surface area contributed by atoms with E-state index in [9.17, 15) is 9.59 Å². The zero-order chi connectivity index (χ0) is 16.8. The van der Waals surface area contributed by atoms with Crippen LogP contribution in [0.1, 0.15) is 34.2 Å². The molecule has 23 heavy (non-hydrogen) atoms. The molecule has 0 saturated carbocycles. The summed E-state index contributed by atoms with van der Waals surface area (Å²) in [6.45, 7) is 2.26. The minimum atomic E-state index is -1.05. The Hall–Kier alpha value is -2.55. The molecule has 0 spiro atoms. The first-order chi connectivity index (χ1) is 11.0. The second kappa shape index (κ2) is 7.63. The van der Waals surface area contributed by atoms with E-state index >= 15 is 0 Å². The van der Waals surface area contributed by atoms with Crippen LogP contribution in [0, 0.1) is 0 Å². The predicted octanol–water partition coefficient (Wildman–Crippen LogP) is 1.58. The van der Waals surface area contributed by atoms with Crippen LogP contribution in [0.25, 0.3) is 0 Å². The van der Waals surface area contributed by atoms with Gasteiger partial charge in [0.15, 0.2) is 5.69 Å². The SMILES string of the molecule is CC(c1ccncn1)N(C)C(=O)NCCc1nc(C(=O)O)cs1. The first kappa shape index (κ1) is 16.8. The highest BCUT2D eigenvalue weighted by molar-refractivity contribution is 7.09. The van der Waals surface area contributed by atoms with Crippen LogP contribution in [0.3, 0.4) is 0 Å². The molecule has 0 aliphatic carbocycles. The molecule has 1 unspecified atom stereocenters. The van der Waals surface area contributed by atoms with Gasteiger partial charge in [0.1, 0.15) is 6.33 Å². The van der Waals surface area contributed by atoms with Gasteiger partial charge in [-0.2, -0.15) is 0 Å². The van der Waals surface area contributed by atoms with Crippen molar-refractivity contribution in [2.24, 2.45) is 0 Å². The summed E-state index contributed by atoms with van der Waals surface area (Å²) in [6, 6.07) is 1.35. The van der Waals surface area contributed by atoms with Crippen LogP contribution in [-0.2, 0) is 6.42 Å². The molecule has 2 heterocycles. The number of rotatable bonds is 6. The van der Waals surface area contributed by atoms with E-state index in [1.165, 1.54) is 23.0 Å². The number of carbonyl (C=O) groups excluding carboxylic acids is 1. The Balaban J connectivity index is 1.83. The monoisotopic (exact) mass is 335 g/mol. The molecule has 0 fully saturated rings. The molecule has 8 nitrogen and oxygen atoms in total. The molecular formula is C14H17N5O3S. The molecule has 2 aromatic heterocycles. The minimum absolute atomic E-state index is 0.0332. The van der Waals surface area contributed by atoms with Gasteiger partial charge in [-0.15, -0.1) is 11.3 Å². The first-order valence-corrected chi connectivity index (χ1v) is 7.81. The second-order valence-corrected chi connectivity index (χ2v) is 5.78. The number of urea groups is 1. The molecule has 1 atom stereocenters. The normalized spacial score (nSPS) is 11.7. The molecule has 2 aromatic rings. The third kappa shape index (κ3) is 4.46. The molecule has 0 saturated heterocycles. The van der Waals surface area contributed by atoms with Crippen LogP contribution >= 0.6 is 11.3 Å². The molecule has 122 valence electrons. The lowest BCUT2D eigenvalue weighted by Gasteiger charge is -2.24. The molecule has 0 aromatic carbocycles. The zero-order valence-corrected chi connectivity index (χ0v) is 13.6. The van der Waals surface area contributed by atoms with E-state index in [1.54, 1.807) is 24.2 Å². The van der Waals surface area contributed by atoms with E-state index in [1.807, 2.05) is 6.92 Å². The highest BCUT2D eigenvalue weighted by Gasteiger charge is 2.18. The number of carboxylic acid groups (broad SMARTS) is 1. The maximum Gasteiger partial charge on any atom is 0.355 e. The average Bonchev–Trinajstić information content (AvgIpc) is 3.03. The van der Waals surface area contributed by atoms with E-state index in [2.05, 4.69) is 20.3 Å². The molecule has 0 aliphatic rings. The van der Waals surface area contributed by atoms with Gasteiger partial charge in [0.2, 0.25) is 0 Å². The van der Waals surface area contributed by atoms with Crippen molar-refractivity contribution < 1.29 is 14.7 Å². The summed E-state index contributed by atoms with van der Waals surface area (Å²) in [7, 11) is 1.69. The molecular weight excluding hydrogens is 318 g/mol. The number of hydrogen-bond acceptors (Lipinski definition) is 6. The van der Waals surface area contributed by atoms with Crippen molar-refractivity contribution in [3.8, 4) is 0 Å². The Morgan fingerprint density at radius 2 is 2.26 bits per heavy atom. The number of carboxylic acids is 1. The van der Waals surface area contributed by atoms with Gasteiger partial charge in [-0.1, -0.05) is 0 Å². The number of nitrogens with one attached hydrogen (secondary N) is 1. The summed E-state index contributed by atoms with van der Waals surface area (Å²) < 4.78 is 0. The summed E-state index contributed by atoms with van der Waals surface area (Å²) >= 11 is 1.27. The zero-order valence-electron chi connectivity index (χ0n) is 12.8. The summed E-state index contributed by atoms with van der Waals surface area (Å²) in [4.78, 5) is 36.4. The first-order valence-electron chi connectivity index (χ1n) is 6.93. The predicted molar refractivity (Wildman–Crippen MR) is 84.4 cm³/mol. The number of hydrogen-bond donors (Lipinski definition) is 2. The van der Waals surface area contributed by atoms with E-state index in [0.717, 1.165) is 5.69 Å². The Labute approximate surface area is 137 Å². The van der Waals surface area contributed by atoms with Crippen LogP contribution in [-0.4, -0.2) is 50.6 Å². The van der Waals surface area contributed by atoms with Gasteiger partial charge in [-0.25, -0.2) is 24.5 Å². The highest BCUT2D eigenvalue weighted by atomic mass is 32.1. The quantitative estimate of drug-likeness (QED) is 0.829. The topological polar surface area (TPSA) is 108 Å². The number of thiazole rings is 1. The van der Waals surface area contributed by atoms with Crippen molar-refractivity contribution in [1.29, 1.82) is 0 Å². The third-order valence-electron chi connectivity index (χ3n) is 3.32. The van der Waals surface area contributed by atoms with Gasteiger partial charge in [0.25, 0.3) is 0 Å². The summed E-state index contributed by atoms with van der Waals surface area (Å²) in [5.41, 5.74) is 0.787. The van der Waals surface area contributed by atoms with Crippen molar-refractivity contribution in [3.63, 3.8) is 0 Å². The van der Waals surface area contributed by atoms with Crippen molar-refractivity contribution >= 4 is 23.3 Å². The Bertz CT molecular complexity index is 676. The molecule has 0 aliphatic heterocycles. The third-order valence-corrected chi connectivity index (χ3v) is 4.23. The lowest BCUT2D eigenvalue weighted by atomic mass is 10.2. The van der Waals surface area contributed by atoms with Crippen molar-refractivity contribution in [2.75, 3.05) is 13.6 Å². The Morgan fingerprint density at radius 1 is 1.48 bits per heavy atom. The molecule has 2 N–H and O–H groups in total. The van der Waals surface area contributed by atoms with Gasteiger partial charge in [-0.05, 0) is 13.0 Å². The van der Waals surface area contributed by atoms with Gasteiger partial charge in [-0.3, -0.25) is 0 Å². The number of aromatic nitrogens is 3. The van der Waals surface area contributed by atoms with Gasteiger partial charge >= 0.3 is 12.0 Å². The maximum atomic E-state index is 12.1. The number of aromatic carboxylic acids is 1. The minimum Gasteiger partial charge on any atom is -0.476 e. The van der Waals surface area contributed by atoms with E-state index in [-0.39, 0.29) is 17.8 Å². The fourth-order valence-corrected chi connectivity index (χ4v) is 2.62. The summed E-state index contributed by atoms with van der Waals surface area (Å²) in [5, 5.41) is 13.8. The van der Waals surface area contributed by atoms with Crippen LogP contribution in [0.15, 0.2) is 24.0 Å². The van der Waals surface area contributed by atoms with E-state index < -0.39 is 5.97 Å². The Kier molecular flexibility index (Phi) is 5.58. The number of carbonyl (C=O) groups is 2. The molecule has 0 radical (unpaired) electrons. The van der Waals surface area contributed by atoms with Crippen molar-refractivity contribution in [3.05, 3.63) is 40.4 Å². The fourth-order valence-electron chi connectivity index (χ4n) is 1.85.